The minimum Gasteiger partial charge on any atom is -0.478 e. The zero-order chi connectivity index (χ0) is 25.5. The van der Waals surface area contributed by atoms with E-state index in [0.717, 1.165) is 27.2 Å². The van der Waals surface area contributed by atoms with Gasteiger partial charge < -0.3 is 15.7 Å². The van der Waals surface area contributed by atoms with E-state index in [0.29, 0.717) is 5.03 Å². The lowest BCUT2D eigenvalue weighted by molar-refractivity contribution is -0.119. The van der Waals surface area contributed by atoms with Crippen LogP contribution in [0.2, 0.25) is 0 Å². The number of nitrogens with zero attached hydrogens (tertiary/aromatic N) is 1. The predicted molar refractivity (Wildman–Crippen MR) is 132 cm³/mol. The van der Waals surface area contributed by atoms with Crippen LogP contribution in [0.25, 0.3) is 5.57 Å². The number of benzene rings is 2. The standard InChI is InChI=1S/C23H25N3O6S2/c1-15(17-7-5-9-19(11-17)23(29)30)14-33-16(2)25-21(27)13-24-22(28)18-8-6-10-20(12-18)34(31,32)26(3)4/h5-12,14H,2,13H2,1,3-4H3,(H,24,28)(H,25,27)(H,29,30)/b15-14+. The maximum atomic E-state index is 12.4. The van der Waals surface area contributed by atoms with Gasteiger partial charge in [-0.15, -0.1) is 0 Å². The summed E-state index contributed by atoms with van der Waals surface area (Å²) in [7, 11) is -0.915. The van der Waals surface area contributed by atoms with Crippen molar-refractivity contribution in [3.8, 4) is 0 Å². The molecule has 2 aromatic carbocycles. The van der Waals surface area contributed by atoms with E-state index in [1.165, 1.54) is 44.4 Å². The fraction of sp³-hybridized carbons (Fsp3) is 0.174. The number of hydrogen-bond acceptors (Lipinski definition) is 6. The molecule has 3 N–H and O–H groups in total. The Morgan fingerprint density at radius 2 is 1.68 bits per heavy atom. The number of rotatable bonds is 10. The van der Waals surface area contributed by atoms with Crippen LogP contribution in [-0.2, 0) is 14.8 Å². The molecule has 0 unspecified atom stereocenters. The number of aromatic carboxylic acids is 1. The summed E-state index contributed by atoms with van der Waals surface area (Å²) in [5.74, 6) is -2.13. The Balaban J connectivity index is 1.91. The first-order valence-corrected chi connectivity index (χ1v) is 12.2. The summed E-state index contributed by atoms with van der Waals surface area (Å²) in [6, 6.07) is 12.0. The minimum absolute atomic E-state index is 0.0320. The molecule has 0 atom stereocenters. The topological polar surface area (TPSA) is 133 Å². The Hall–Kier alpha value is -3.41. The highest BCUT2D eigenvalue weighted by Gasteiger charge is 2.19. The third-order valence-electron chi connectivity index (χ3n) is 4.51. The molecule has 9 nitrogen and oxygen atoms in total. The second-order valence-corrected chi connectivity index (χ2v) is 10.4. The van der Waals surface area contributed by atoms with Gasteiger partial charge in [0.15, 0.2) is 0 Å². The summed E-state index contributed by atoms with van der Waals surface area (Å²) in [4.78, 5) is 35.6. The number of amides is 2. The molecule has 2 rings (SSSR count). The quantitative estimate of drug-likeness (QED) is 0.454. The van der Waals surface area contributed by atoms with Gasteiger partial charge >= 0.3 is 5.97 Å². The van der Waals surface area contributed by atoms with Gasteiger partial charge in [-0.3, -0.25) is 9.59 Å². The molecule has 0 aromatic heterocycles. The van der Waals surface area contributed by atoms with Gasteiger partial charge in [0.1, 0.15) is 0 Å². The van der Waals surface area contributed by atoms with Gasteiger partial charge in [-0.25, -0.2) is 17.5 Å². The zero-order valence-corrected chi connectivity index (χ0v) is 20.5. The minimum atomic E-state index is -3.70. The van der Waals surface area contributed by atoms with Crippen LogP contribution in [0, 0.1) is 0 Å². The Bertz CT molecular complexity index is 1250. The second-order valence-electron chi connectivity index (χ2n) is 7.27. The molecule has 0 radical (unpaired) electrons. The summed E-state index contributed by atoms with van der Waals surface area (Å²) in [5.41, 5.74) is 1.77. The van der Waals surface area contributed by atoms with Crippen molar-refractivity contribution in [3.63, 3.8) is 0 Å². The van der Waals surface area contributed by atoms with Crippen molar-refractivity contribution in [3.05, 3.63) is 82.2 Å². The fourth-order valence-corrected chi connectivity index (χ4v) is 4.20. The number of carboxylic acids is 1. The van der Waals surface area contributed by atoms with E-state index in [1.54, 1.807) is 30.5 Å². The number of nitrogens with one attached hydrogen (secondary N) is 2. The third kappa shape index (κ3) is 7.30. The highest BCUT2D eigenvalue weighted by atomic mass is 32.2. The molecular formula is C23H25N3O6S2. The van der Waals surface area contributed by atoms with Crippen LogP contribution in [0.3, 0.4) is 0 Å². The summed E-state index contributed by atoms with van der Waals surface area (Å²) >= 11 is 1.14. The van der Waals surface area contributed by atoms with Gasteiger partial charge in [0, 0.05) is 19.7 Å². The van der Waals surface area contributed by atoms with E-state index in [9.17, 15) is 22.8 Å². The Morgan fingerprint density at radius 3 is 2.32 bits per heavy atom. The average molecular weight is 504 g/mol. The smallest absolute Gasteiger partial charge is 0.335 e. The molecule has 34 heavy (non-hydrogen) atoms. The summed E-state index contributed by atoms with van der Waals surface area (Å²) in [6.45, 7) is 5.21. The number of allylic oxidation sites excluding steroid dienone is 1. The van der Waals surface area contributed by atoms with Gasteiger partial charge in [0.05, 0.1) is 22.0 Å². The second kappa shape index (κ2) is 11.6. The molecule has 0 heterocycles. The monoisotopic (exact) mass is 503 g/mol. The molecule has 0 aliphatic carbocycles. The lowest BCUT2D eigenvalue weighted by Gasteiger charge is -2.12. The Morgan fingerprint density at radius 1 is 1.06 bits per heavy atom. The molecule has 0 fully saturated rings. The number of carbonyl (C=O) groups excluding carboxylic acids is 2. The first kappa shape index (κ1) is 26.8. The fourth-order valence-electron chi connectivity index (χ4n) is 2.63. The molecule has 11 heteroatoms. The molecule has 2 aromatic rings. The van der Waals surface area contributed by atoms with Crippen molar-refractivity contribution in [1.29, 1.82) is 0 Å². The average Bonchev–Trinajstić information content (AvgIpc) is 2.80. The van der Waals surface area contributed by atoms with Crippen LogP contribution in [0.4, 0.5) is 0 Å². The largest absolute Gasteiger partial charge is 0.478 e. The van der Waals surface area contributed by atoms with Crippen LogP contribution in [0.5, 0.6) is 0 Å². The maximum absolute atomic E-state index is 12.4. The van der Waals surface area contributed by atoms with Crippen LogP contribution >= 0.6 is 11.8 Å². The summed E-state index contributed by atoms with van der Waals surface area (Å²) in [6.07, 6.45) is 0. The van der Waals surface area contributed by atoms with E-state index in [-0.39, 0.29) is 22.6 Å². The van der Waals surface area contributed by atoms with Crippen molar-refractivity contribution < 1.29 is 27.9 Å². The number of carboxylic acid groups (broad SMARTS) is 1. The van der Waals surface area contributed by atoms with E-state index < -0.39 is 27.8 Å². The van der Waals surface area contributed by atoms with E-state index >= 15 is 0 Å². The lowest BCUT2D eigenvalue weighted by Crippen LogP contribution is -2.36. The normalized spacial score (nSPS) is 11.7. The molecular weight excluding hydrogens is 478 g/mol. The van der Waals surface area contributed by atoms with Gasteiger partial charge in [0.25, 0.3) is 5.91 Å². The molecule has 0 aliphatic heterocycles. The molecule has 0 bridgehead atoms. The number of sulfonamides is 1. The highest BCUT2D eigenvalue weighted by molar-refractivity contribution is 8.05. The highest BCUT2D eigenvalue weighted by Crippen LogP contribution is 2.22. The summed E-state index contributed by atoms with van der Waals surface area (Å²) < 4.78 is 25.5. The van der Waals surface area contributed by atoms with Crippen molar-refractivity contribution in [2.45, 2.75) is 11.8 Å². The van der Waals surface area contributed by atoms with E-state index in [1.807, 2.05) is 0 Å². The molecule has 0 saturated carbocycles. The zero-order valence-electron chi connectivity index (χ0n) is 18.9. The van der Waals surface area contributed by atoms with Crippen LogP contribution in [-0.4, -0.2) is 56.3 Å². The van der Waals surface area contributed by atoms with Crippen LogP contribution in [0.1, 0.15) is 33.2 Å². The number of hydrogen-bond donors (Lipinski definition) is 3. The molecule has 0 aliphatic rings. The molecule has 2 amide bonds. The molecule has 180 valence electrons. The van der Waals surface area contributed by atoms with E-state index in [2.05, 4.69) is 17.2 Å². The van der Waals surface area contributed by atoms with Gasteiger partial charge in [-0.2, -0.15) is 0 Å². The van der Waals surface area contributed by atoms with E-state index in [4.69, 9.17) is 5.11 Å². The van der Waals surface area contributed by atoms with Crippen LogP contribution in [0.15, 0.2) is 70.4 Å². The third-order valence-corrected chi connectivity index (χ3v) is 7.18. The molecule has 0 saturated heterocycles. The SMILES string of the molecule is C=C(NC(=O)CNC(=O)c1cccc(S(=O)(=O)N(C)C)c1)S/C=C(\C)c1cccc(C(=O)O)c1. The first-order chi connectivity index (χ1) is 15.9. The van der Waals surface area contributed by atoms with Gasteiger partial charge in [0.2, 0.25) is 15.9 Å². The van der Waals surface area contributed by atoms with Gasteiger partial charge in [-0.05, 0) is 53.8 Å². The lowest BCUT2D eigenvalue weighted by atomic mass is 10.1. The van der Waals surface area contributed by atoms with Crippen LogP contribution < -0.4 is 10.6 Å². The van der Waals surface area contributed by atoms with Crippen molar-refractivity contribution in [1.82, 2.24) is 14.9 Å². The number of carbonyl (C=O) groups is 3. The van der Waals surface area contributed by atoms with Crippen molar-refractivity contribution in [2.75, 3.05) is 20.6 Å². The maximum Gasteiger partial charge on any atom is 0.335 e. The number of thioether (sulfide) groups is 1. The first-order valence-electron chi connectivity index (χ1n) is 9.88. The molecule has 0 spiro atoms. The van der Waals surface area contributed by atoms with Crippen molar-refractivity contribution >= 4 is 45.1 Å². The van der Waals surface area contributed by atoms with Crippen molar-refractivity contribution in [2.24, 2.45) is 0 Å². The predicted octanol–water partition coefficient (Wildman–Crippen LogP) is 2.75. The van der Waals surface area contributed by atoms with Gasteiger partial charge in [-0.1, -0.05) is 36.5 Å². The Kier molecular flexibility index (Phi) is 9.19. The summed E-state index contributed by atoms with van der Waals surface area (Å²) in [5, 5.41) is 16.1. The Labute approximate surface area is 202 Å².